The molecule has 184 valence electrons. The first kappa shape index (κ1) is 27.5. The van der Waals surface area contributed by atoms with E-state index in [0.29, 0.717) is 5.91 Å². The molecule has 0 radical (unpaired) electrons. The predicted octanol–water partition coefficient (Wildman–Crippen LogP) is 4.65. The molecule has 1 saturated heterocycles. The number of nitrogens with zero attached hydrogens (tertiary/aromatic N) is 2. The van der Waals surface area contributed by atoms with Gasteiger partial charge in [0.2, 0.25) is 5.91 Å². The zero-order valence-corrected chi connectivity index (χ0v) is 21.1. The minimum atomic E-state index is -1.82. The smallest absolute Gasteiger partial charge is 0.414 e. The van der Waals surface area contributed by atoms with Crippen molar-refractivity contribution in [3.05, 3.63) is 70.2 Å². The molecule has 0 atom stereocenters. The van der Waals surface area contributed by atoms with Gasteiger partial charge in [0.05, 0.1) is 0 Å². The van der Waals surface area contributed by atoms with Crippen LogP contribution in [0.2, 0.25) is 0 Å². The Hall–Kier alpha value is -2.71. The van der Waals surface area contributed by atoms with Crippen LogP contribution in [0.4, 0.5) is 0 Å². The zero-order chi connectivity index (χ0) is 24.9. The minimum absolute atomic E-state index is 0.166. The van der Waals surface area contributed by atoms with Crippen LogP contribution in [0.1, 0.15) is 43.7 Å². The first-order valence-corrected chi connectivity index (χ1v) is 12.3. The van der Waals surface area contributed by atoms with E-state index in [1.54, 1.807) is 0 Å². The molecule has 2 N–H and O–H groups in total. The average molecular weight is 533 g/mol. The summed E-state index contributed by atoms with van der Waals surface area (Å²) in [6, 6.07) is 18.9. The molecule has 2 aromatic carbocycles. The molecular weight excluding hydrogens is 500 g/mol. The summed E-state index contributed by atoms with van der Waals surface area (Å²) in [6.07, 6.45) is 4.11. The standard InChI is InChI=1S/C24H31BrN2O.C2H2O4/c1-2-3-14-27(19-20-8-5-4-6-9-20)24(28)22-12-15-26(16-13-22)18-21-10-7-11-23(25)17-21;3-1(4)2(5)6/h4-11,17,22H,2-3,12-16,18-19H2,1H3;(H,3,4)(H,5,6). The largest absolute Gasteiger partial charge is 0.473 e. The first-order chi connectivity index (χ1) is 16.3. The van der Waals surface area contributed by atoms with Gasteiger partial charge in [-0.1, -0.05) is 71.7 Å². The fourth-order valence-electron chi connectivity index (χ4n) is 3.91. The summed E-state index contributed by atoms with van der Waals surface area (Å²) < 4.78 is 1.13. The SMILES string of the molecule is CCCCN(Cc1ccccc1)C(=O)C1CCN(Cc2cccc(Br)c2)CC1.O=C(O)C(=O)O. The van der Waals surface area contributed by atoms with Crippen LogP contribution >= 0.6 is 15.9 Å². The summed E-state index contributed by atoms with van der Waals surface area (Å²) in [7, 11) is 0. The average Bonchev–Trinajstić information content (AvgIpc) is 2.83. The number of aliphatic carboxylic acids is 2. The normalized spacial score (nSPS) is 14.1. The van der Waals surface area contributed by atoms with Crippen LogP contribution in [-0.2, 0) is 27.5 Å². The van der Waals surface area contributed by atoms with Gasteiger partial charge in [0.15, 0.2) is 0 Å². The van der Waals surface area contributed by atoms with Gasteiger partial charge >= 0.3 is 11.9 Å². The number of carboxylic acids is 2. The number of likely N-dealkylation sites (tertiary alicyclic amines) is 1. The molecule has 34 heavy (non-hydrogen) atoms. The number of amides is 1. The summed E-state index contributed by atoms with van der Waals surface area (Å²) in [4.78, 5) is 36.0. The quantitative estimate of drug-likeness (QED) is 0.480. The van der Waals surface area contributed by atoms with E-state index in [1.165, 1.54) is 11.1 Å². The molecule has 0 aliphatic carbocycles. The molecule has 3 rings (SSSR count). The fourth-order valence-corrected chi connectivity index (χ4v) is 4.36. The third kappa shape index (κ3) is 9.65. The molecule has 2 aromatic rings. The van der Waals surface area contributed by atoms with Gasteiger partial charge in [-0.15, -0.1) is 0 Å². The van der Waals surface area contributed by atoms with E-state index < -0.39 is 11.9 Å². The van der Waals surface area contributed by atoms with Gasteiger partial charge < -0.3 is 15.1 Å². The second-order valence-corrected chi connectivity index (χ2v) is 9.31. The fraction of sp³-hybridized carbons (Fsp3) is 0.423. The van der Waals surface area contributed by atoms with E-state index in [4.69, 9.17) is 19.8 Å². The highest BCUT2D eigenvalue weighted by molar-refractivity contribution is 9.10. The molecule has 0 aromatic heterocycles. The van der Waals surface area contributed by atoms with Gasteiger partial charge in [-0.25, -0.2) is 9.59 Å². The van der Waals surface area contributed by atoms with Crippen LogP contribution in [0.5, 0.6) is 0 Å². The lowest BCUT2D eigenvalue weighted by Gasteiger charge is -2.34. The molecular formula is C26H33BrN2O5. The Morgan fingerprint density at radius 3 is 2.15 bits per heavy atom. The van der Waals surface area contributed by atoms with Crippen molar-refractivity contribution < 1.29 is 24.6 Å². The number of halogens is 1. The van der Waals surface area contributed by atoms with Crippen LogP contribution in [0.25, 0.3) is 0 Å². The maximum Gasteiger partial charge on any atom is 0.414 e. The monoisotopic (exact) mass is 532 g/mol. The summed E-state index contributed by atoms with van der Waals surface area (Å²) in [5.41, 5.74) is 2.55. The molecule has 0 unspecified atom stereocenters. The number of carboxylic acid groups (broad SMARTS) is 2. The number of hydrogen-bond donors (Lipinski definition) is 2. The van der Waals surface area contributed by atoms with Gasteiger partial charge in [0, 0.05) is 30.0 Å². The van der Waals surface area contributed by atoms with Crippen molar-refractivity contribution in [3.8, 4) is 0 Å². The van der Waals surface area contributed by atoms with Crippen molar-refractivity contribution in [1.29, 1.82) is 0 Å². The third-order valence-corrected chi connectivity index (χ3v) is 6.22. The van der Waals surface area contributed by atoms with Crippen molar-refractivity contribution in [2.24, 2.45) is 5.92 Å². The maximum atomic E-state index is 13.2. The topological polar surface area (TPSA) is 98.2 Å². The van der Waals surface area contributed by atoms with E-state index in [2.05, 4.69) is 81.2 Å². The van der Waals surface area contributed by atoms with Crippen molar-refractivity contribution in [2.45, 2.75) is 45.7 Å². The third-order valence-electron chi connectivity index (χ3n) is 5.72. The van der Waals surface area contributed by atoms with Gasteiger partial charge in [-0.05, 0) is 55.6 Å². The highest BCUT2D eigenvalue weighted by Crippen LogP contribution is 2.23. The van der Waals surface area contributed by atoms with Gasteiger partial charge in [-0.2, -0.15) is 0 Å². The van der Waals surface area contributed by atoms with E-state index in [1.807, 2.05) is 6.07 Å². The second kappa shape index (κ2) is 14.5. The van der Waals surface area contributed by atoms with E-state index >= 15 is 0 Å². The lowest BCUT2D eigenvalue weighted by molar-refractivity contribution is -0.159. The van der Waals surface area contributed by atoms with Crippen molar-refractivity contribution in [2.75, 3.05) is 19.6 Å². The molecule has 1 aliphatic heterocycles. The molecule has 1 fully saturated rings. The Labute approximate surface area is 209 Å². The zero-order valence-electron chi connectivity index (χ0n) is 19.5. The lowest BCUT2D eigenvalue weighted by atomic mass is 9.94. The Bertz CT molecular complexity index is 918. The van der Waals surface area contributed by atoms with Crippen molar-refractivity contribution >= 4 is 33.8 Å². The minimum Gasteiger partial charge on any atom is -0.473 e. The Balaban J connectivity index is 0.000000604. The molecule has 1 aliphatic rings. The molecule has 0 spiro atoms. The molecule has 8 heteroatoms. The molecule has 1 amide bonds. The summed E-state index contributed by atoms with van der Waals surface area (Å²) in [5, 5.41) is 14.8. The van der Waals surface area contributed by atoms with Crippen LogP contribution in [-0.4, -0.2) is 57.5 Å². The molecule has 1 heterocycles. The number of hydrogen-bond acceptors (Lipinski definition) is 4. The van der Waals surface area contributed by atoms with Crippen LogP contribution in [0.3, 0.4) is 0 Å². The number of unbranched alkanes of at least 4 members (excludes halogenated alkanes) is 1. The van der Waals surface area contributed by atoms with Crippen molar-refractivity contribution in [3.63, 3.8) is 0 Å². The molecule has 0 bridgehead atoms. The van der Waals surface area contributed by atoms with Gasteiger partial charge in [0.1, 0.15) is 0 Å². The summed E-state index contributed by atoms with van der Waals surface area (Å²) in [6.45, 7) is 6.74. The number of carbonyl (C=O) groups is 3. The maximum absolute atomic E-state index is 13.2. The van der Waals surface area contributed by atoms with E-state index in [-0.39, 0.29) is 5.92 Å². The van der Waals surface area contributed by atoms with Crippen LogP contribution in [0, 0.1) is 5.92 Å². The summed E-state index contributed by atoms with van der Waals surface area (Å²) in [5.74, 6) is -3.14. The molecule has 7 nitrogen and oxygen atoms in total. The van der Waals surface area contributed by atoms with E-state index in [9.17, 15) is 4.79 Å². The van der Waals surface area contributed by atoms with E-state index in [0.717, 1.165) is 62.9 Å². The Kier molecular flexibility index (Phi) is 11.8. The van der Waals surface area contributed by atoms with Crippen LogP contribution in [0.15, 0.2) is 59.1 Å². The predicted molar refractivity (Wildman–Crippen MR) is 134 cm³/mol. The highest BCUT2D eigenvalue weighted by atomic mass is 79.9. The molecule has 0 saturated carbocycles. The van der Waals surface area contributed by atoms with Gasteiger partial charge in [0.25, 0.3) is 0 Å². The number of carbonyl (C=O) groups excluding carboxylic acids is 1. The second-order valence-electron chi connectivity index (χ2n) is 8.39. The Morgan fingerprint density at radius 2 is 1.59 bits per heavy atom. The van der Waals surface area contributed by atoms with Gasteiger partial charge in [-0.3, -0.25) is 9.69 Å². The van der Waals surface area contributed by atoms with Crippen molar-refractivity contribution in [1.82, 2.24) is 9.80 Å². The van der Waals surface area contributed by atoms with Crippen LogP contribution < -0.4 is 0 Å². The summed E-state index contributed by atoms with van der Waals surface area (Å²) >= 11 is 3.55. The number of benzene rings is 2. The first-order valence-electron chi connectivity index (χ1n) is 11.6. The number of piperidine rings is 1. The lowest BCUT2D eigenvalue weighted by Crippen LogP contribution is -2.42. The Morgan fingerprint density at radius 1 is 0.971 bits per heavy atom. The number of rotatable bonds is 8. The highest BCUT2D eigenvalue weighted by Gasteiger charge is 2.28.